The van der Waals surface area contributed by atoms with Gasteiger partial charge >= 0.3 is 5.97 Å². The van der Waals surface area contributed by atoms with Gasteiger partial charge in [-0.05, 0) is 36.4 Å². The molecule has 1 amide bonds. The van der Waals surface area contributed by atoms with Crippen molar-refractivity contribution in [3.8, 4) is 17.2 Å². The Bertz CT molecular complexity index is 1210. The fourth-order valence-electron chi connectivity index (χ4n) is 4.20. The number of halogens is 1. The maximum absolute atomic E-state index is 12.7. The van der Waals surface area contributed by atoms with E-state index in [9.17, 15) is 9.59 Å². The molecule has 0 bridgehead atoms. The van der Waals surface area contributed by atoms with Gasteiger partial charge in [0.05, 0.1) is 38.4 Å². The summed E-state index contributed by atoms with van der Waals surface area (Å²) in [5, 5.41) is 12.1. The number of fused-ring (bicyclic) bond motifs is 3. The summed E-state index contributed by atoms with van der Waals surface area (Å²) in [7, 11) is 3.13. The number of carboxylic acid groups (broad SMARTS) is 1. The Morgan fingerprint density at radius 3 is 2.68 bits per heavy atom. The number of nitrogens with one attached hydrogen (secondary N) is 1. The van der Waals surface area contributed by atoms with E-state index in [0.29, 0.717) is 16.5 Å². The maximum atomic E-state index is 12.7. The van der Waals surface area contributed by atoms with E-state index in [1.54, 1.807) is 20.3 Å². The summed E-state index contributed by atoms with van der Waals surface area (Å²) in [6, 6.07) is 14.9. The average Bonchev–Trinajstić information content (AvgIpc) is 3.26. The van der Waals surface area contributed by atoms with Gasteiger partial charge in [-0.25, -0.2) is 0 Å². The van der Waals surface area contributed by atoms with Crippen LogP contribution in [0.15, 0.2) is 54.7 Å². The van der Waals surface area contributed by atoms with Crippen LogP contribution >= 0.6 is 11.6 Å². The first-order valence-electron chi connectivity index (χ1n) is 10.7. The van der Waals surface area contributed by atoms with E-state index >= 15 is 0 Å². The van der Waals surface area contributed by atoms with Crippen molar-refractivity contribution in [3.05, 3.63) is 76.6 Å². The number of methoxy groups -OCH3 is 2. The van der Waals surface area contributed by atoms with Gasteiger partial charge in [-0.3, -0.25) is 9.59 Å². The summed E-state index contributed by atoms with van der Waals surface area (Å²) in [4.78, 5) is 23.5. The summed E-state index contributed by atoms with van der Waals surface area (Å²) in [5.74, 6) is -0.201. The number of carbonyl (C=O) groups is 2. The fraction of sp³-hybridized carbons (Fsp3) is 0.280. The molecular formula is C25H25ClN2O6. The number of amides is 1. The zero-order chi connectivity index (χ0) is 24.2. The Labute approximate surface area is 202 Å². The van der Waals surface area contributed by atoms with E-state index < -0.39 is 18.2 Å². The lowest BCUT2D eigenvalue weighted by Gasteiger charge is -2.25. The second-order valence-corrected chi connectivity index (χ2v) is 8.23. The SMILES string of the molecule is COc1cccc([C@@H]2O[C@@H](CC(=O)NCCC(=O)O)c3cccn3-c3ccc(Cl)cc32)c1OC. The minimum absolute atomic E-state index is 0.00807. The molecule has 2 atom stereocenters. The topological polar surface area (TPSA) is 99.0 Å². The lowest BCUT2D eigenvalue weighted by molar-refractivity contribution is -0.137. The van der Waals surface area contributed by atoms with Gasteiger partial charge in [-0.2, -0.15) is 0 Å². The minimum atomic E-state index is -0.975. The fourth-order valence-corrected chi connectivity index (χ4v) is 4.38. The standard InChI is InChI=1S/C25H25ClN2O6/c1-32-20-7-3-5-16(25(20)33-2)24-17-13-15(26)8-9-18(17)28-12-4-6-19(28)21(34-24)14-22(29)27-11-10-23(30)31/h3-9,12-13,21,24H,10-11,14H2,1-2H3,(H,27,29)(H,30,31)/t21-,24-/m0/s1. The van der Waals surface area contributed by atoms with Gasteiger partial charge in [-0.15, -0.1) is 0 Å². The number of aromatic nitrogens is 1. The minimum Gasteiger partial charge on any atom is -0.493 e. The summed E-state index contributed by atoms with van der Waals surface area (Å²) in [5.41, 5.74) is 3.20. The summed E-state index contributed by atoms with van der Waals surface area (Å²) < 4.78 is 19.8. The first-order valence-corrected chi connectivity index (χ1v) is 11.1. The number of nitrogens with zero attached hydrogens (tertiary/aromatic N) is 1. The number of carbonyl (C=O) groups excluding carboxylic acids is 1. The molecule has 4 rings (SSSR count). The lowest BCUT2D eigenvalue weighted by Crippen LogP contribution is -2.28. The number of carboxylic acids is 1. The molecule has 0 aliphatic carbocycles. The maximum Gasteiger partial charge on any atom is 0.305 e. The molecule has 0 saturated carbocycles. The van der Waals surface area contributed by atoms with Gasteiger partial charge in [0.15, 0.2) is 11.5 Å². The van der Waals surface area contributed by atoms with Crippen LogP contribution in [0.5, 0.6) is 11.5 Å². The van der Waals surface area contributed by atoms with Gasteiger partial charge < -0.3 is 29.2 Å². The molecule has 9 heteroatoms. The summed E-state index contributed by atoms with van der Waals surface area (Å²) in [6.07, 6.45) is 0.531. The Morgan fingerprint density at radius 2 is 1.94 bits per heavy atom. The monoisotopic (exact) mass is 484 g/mol. The van der Waals surface area contributed by atoms with E-state index in [4.69, 9.17) is 30.9 Å². The van der Waals surface area contributed by atoms with Crippen LogP contribution in [0.25, 0.3) is 5.69 Å². The van der Waals surface area contributed by atoms with Crippen LogP contribution in [-0.2, 0) is 14.3 Å². The molecule has 34 heavy (non-hydrogen) atoms. The molecule has 0 unspecified atom stereocenters. The van der Waals surface area contributed by atoms with Gasteiger partial charge in [0.1, 0.15) is 12.2 Å². The zero-order valence-electron chi connectivity index (χ0n) is 18.8. The molecule has 1 aliphatic rings. The van der Waals surface area contributed by atoms with Crippen LogP contribution < -0.4 is 14.8 Å². The molecule has 2 aromatic carbocycles. The summed E-state index contributed by atoms with van der Waals surface area (Å²) >= 11 is 6.39. The molecule has 0 spiro atoms. The number of rotatable bonds is 8. The predicted octanol–water partition coefficient (Wildman–Crippen LogP) is 4.29. The number of aliphatic carboxylic acids is 1. The highest BCUT2D eigenvalue weighted by Crippen LogP contribution is 2.46. The van der Waals surface area contributed by atoms with Gasteiger partial charge in [0.2, 0.25) is 5.91 Å². The van der Waals surface area contributed by atoms with Gasteiger partial charge in [0.25, 0.3) is 0 Å². The van der Waals surface area contributed by atoms with Gasteiger partial charge in [-0.1, -0.05) is 23.7 Å². The van der Waals surface area contributed by atoms with Crippen molar-refractivity contribution in [1.29, 1.82) is 0 Å². The van der Waals surface area contributed by atoms with E-state index in [-0.39, 0.29) is 25.3 Å². The van der Waals surface area contributed by atoms with Crippen LogP contribution in [0.1, 0.15) is 41.9 Å². The third-order valence-electron chi connectivity index (χ3n) is 5.69. The molecule has 0 radical (unpaired) electrons. The number of benzene rings is 2. The van der Waals surface area contributed by atoms with Crippen molar-refractivity contribution in [2.24, 2.45) is 0 Å². The molecule has 0 fully saturated rings. The van der Waals surface area contributed by atoms with Crippen LogP contribution in [0.4, 0.5) is 0 Å². The normalized spacial score (nSPS) is 16.7. The molecular weight excluding hydrogens is 460 g/mol. The molecule has 3 aromatic rings. The van der Waals surface area contributed by atoms with Crippen molar-refractivity contribution in [2.45, 2.75) is 25.0 Å². The lowest BCUT2D eigenvalue weighted by atomic mass is 9.98. The van der Waals surface area contributed by atoms with Crippen molar-refractivity contribution in [2.75, 3.05) is 20.8 Å². The molecule has 2 heterocycles. The van der Waals surface area contributed by atoms with Gasteiger partial charge in [0, 0.05) is 28.9 Å². The van der Waals surface area contributed by atoms with Crippen molar-refractivity contribution in [1.82, 2.24) is 9.88 Å². The number of para-hydroxylation sites is 1. The predicted molar refractivity (Wildman–Crippen MR) is 126 cm³/mol. The highest BCUT2D eigenvalue weighted by atomic mass is 35.5. The Morgan fingerprint density at radius 1 is 1.12 bits per heavy atom. The van der Waals surface area contributed by atoms with Crippen molar-refractivity contribution in [3.63, 3.8) is 0 Å². The Hall–Kier alpha value is -3.49. The first-order chi connectivity index (χ1) is 16.4. The number of ether oxygens (including phenoxy) is 3. The molecule has 0 saturated heterocycles. The van der Waals surface area contributed by atoms with Crippen molar-refractivity contribution < 1.29 is 28.9 Å². The van der Waals surface area contributed by atoms with Crippen LogP contribution in [0.2, 0.25) is 5.02 Å². The zero-order valence-corrected chi connectivity index (χ0v) is 19.5. The number of hydrogen-bond donors (Lipinski definition) is 2. The molecule has 8 nitrogen and oxygen atoms in total. The van der Waals surface area contributed by atoms with E-state index in [1.165, 1.54) is 0 Å². The summed E-state index contributed by atoms with van der Waals surface area (Å²) in [6.45, 7) is 0.0465. The molecule has 1 aliphatic heterocycles. The quantitative estimate of drug-likeness (QED) is 0.495. The second kappa shape index (κ2) is 10.2. The smallest absolute Gasteiger partial charge is 0.305 e. The Kier molecular flexibility index (Phi) is 7.09. The number of hydrogen-bond acceptors (Lipinski definition) is 5. The average molecular weight is 485 g/mol. The van der Waals surface area contributed by atoms with E-state index in [1.807, 2.05) is 53.2 Å². The molecule has 1 aromatic heterocycles. The van der Waals surface area contributed by atoms with Crippen LogP contribution in [0.3, 0.4) is 0 Å². The van der Waals surface area contributed by atoms with E-state index in [2.05, 4.69) is 5.32 Å². The van der Waals surface area contributed by atoms with Crippen molar-refractivity contribution >= 4 is 23.5 Å². The van der Waals surface area contributed by atoms with Crippen LogP contribution in [0, 0.1) is 0 Å². The highest BCUT2D eigenvalue weighted by Gasteiger charge is 2.33. The highest BCUT2D eigenvalue weighted by molar-refractivity contribution is 6.30. The first kappa shape index (κ1) is 23.7. The second-order valence-electron chi connectivity index (χ2n) is 7.79. The molecule has 178 valence electrons. The Balaban J connectivity index is 1.78. The molecule has 2 N–H and O–H groups in total. The van der Waals surface area contributed by atoms with Crippen LogP contribution in [-0.4, -0.2) is 42.3 Å². The van der Waals surface area contributed by atoms with E-state index in [0.717, 1.165) is 22.5 Å². The third-order valence-corrected chi connectivity index (χ3v) is 5.92. The third kappa shape index (κ3) is 4.73. The largest absolute Gasteiger partial charge is 0.493 e.